The fourth-order valence-corrected chi connectivity index (χ4v) is 1.88. The summed E-state index contributed by atoms with van der Waals surface area (Å²) in [6.45, 7) is 2.06. The van der Waals surface area contributed by atoms with Gasteiger partial charge in [0.25, 0.3) is 0 Å². The Morgan fingerprint density at radius 3 is 1.72 bits per heavy atom. The van der Waals surface area contributed by atoms with Gasteiger partial charge in [-0.1, -0.05) is 60.7 Å². The van der Waals surface area contributed by atoms with Crippen molar-refractivity contribution in [2.45, 2.75) is 19.1 Å². The first-order chi connectivity index (χ1) is 8.77. The Hall–Kier alpha value is -1.64. The fraction of sp³-hybridized carbons (Fsp3) is 0.250. The van der Waals surface area contributed by atoms with Crippen LogP contribution in [0.25, 0.3) is 0 Å². The molecule has 0 saturated heterocycles. The molecule has 2 rings (SSSR count). The molecule has 0 amide bonds. The first-order valence-electron chi connectivity index (χ1n) is 6.17. The summed E-state index contributed by atoms with van der Waals surface area (Å²) in [7, 11) is 0. The van der Waals surface area contributed by atoms with Crippen LogP contribution in [0.15, 0.2) is 60.7 Å². The minimum absolute atomic E-state index is 0.123. The monoisotopic (exact) mass is 242 g/mol. The Bertz CT molecular complexity index is 412. The molecule has 0 aliphatic rings. The Kier molecular flexibility index (Phi) is 4.51. The molecule has 0 heterocycles. The highest BCUT2D eigenvalue weighted by molar-refractivity contribution is 5.29. The van der Waals surface area contributed by atoms with E-state index < -0.39 is 6.10 Å². The molecule has 18 heavy (non-hydrogen) atoms. The van der Waals surface area contributed by atoms with Crippen molar-refractivity contribution in [3.05, 3.63) is 71.8 Å². The molecule has 2 heteroatoms. The SMILES string of the molecule is CC(O)COC(c1ccccc1)c1ccccc1. The second-order valence-corrected chi connectivity index (χ2v) is 4.38. The normalized spacial score (nSPS) is 12.6. The van der Waals surface area contributed by atoms with Crippen LogP contribution < -0.4 is 0 Å². The van der Waals surface area contributed by atoms with Crippen LogP contribution in [0, 0.1) is 0 Å². The van der Waals surface area contributed by atoms with Crippen LogP contribution in [0.1, 0.15) is 24.2 Å². The number of hydrogen-bond acceptors (Lipinski definition) is 2. The van der Waals surface area contributed by atoms with Crippen molar-refractivity contribution < 1.29 is 9.84 Å². The third kappa shape index (κ3) is 3.42. The molecule has 2 aromatic carbocycles. The summed E-state index contributed by atoms with van der Waals surface area (Å²) in [5.41, 5.74) is 2.20. The summed E-state index contributed by atoms with van der Waals surface area (Å²) in [5.74, 6) is 0. The summed E-state index contributed by atoms with van der Waals surface area (Å²) in [6.07, 6.45) is -0.582. The molecule has 0 fully saturated rings. The molecule has 0 aromatic heterocycles. The van der Waals surface area contributed by atoms with Gasteiger partial charge in [-0.05, 0) is 18.1 Å². The topological polar surface area (TPSA) is 29.5 Å². The first-order valence-corrected chi connectivity index (χ1v) is 6.17. The number of benzene rings is 2. The lowest BCUT2D eigenvalue weighted by Gasteiger charge is -2.19. The summed E-state index contributed by atoms with van der Waals surface area (Å²) in [4.78, 5) is 0. The molecule has 2 nitrogen and oxygen atoms in total. The van der Waals surface area contributed by atoms with Crippen LogP contribution >= 0.6 is 0 Å². The van der Waals surface area contributed by atoms with Crippen LogP contribution in [0.2, 0.25) is 0 Å². The lowest BCUT2D eigenvalue weighted by molar-refractivity contribution is 0.0137. The van der Waals surface area contributed by atoms with Crippen LogP contribution in [-0.2, 0) is 4.74 Å². The van der Waals surface area contributed by atoms with E-state index >= 15 is 0 Å². The van der Waals surface area contributed by atoms with Gasteiger partial charge in [0, 0.05) is 0 Å². The Labute approximate surface area is 108 Å². The predicted octanol–water partition coefficient (Wildman–Crippen LogP) is 3.17. The maximum absolute atomic E-state index is 9.37. The van der Waals surface area contributed by atoms with Crippen LogP contribution in [0.3, 0.4) is 0 Å². The zero-order valence-corrected chi connectivity index (χ0v) is 10.5. The molecule has 1 N–H and O–H groups in total. The fourth-order valence-electron chi connectivity index (χ4n) is 1.88. The predicted molar refractivity (Wildman–Crippen MR) is 72.4 cm³/mol. The standard InChI is InChI=1S/C16H18O2/c1-13(17)12-18-16(14-8-4-2-5-9-14)15-10-6-3-7-11-15/h2-11,13,16-17H,12H2,1H3. The Balaban J connectivity index is 2.24. The minimum atomic E-state index is -0.458. The molecule has 0 spiro atoms. The van der Waals surface area contributed by atoms with E-state index in [1.54, 1.807) is 6.92 Å². The third-order valence-corrected chi connectivity index (χ3v) is 2.71. The summed E-state index contributed by atoms with van der Waals surface area (Å²) in [6, 6.07) is 20.1. The van der Waals surface area contributed by atoms with Crippen molar-refractivity contribution in [2.75, 3.05) is 6.61 Å². The van der Waals surface area contributed by atoms with Gasteiger partial charge in [-0.15, -0.1) is 0 Å². The summed E-state index contributed by atoms with van der Waals surface area (Å²) in [5, 5.41) is 9.37. The highest BCUT2D eigenvalue weighted by atomic mass is 16.5. The molecule has 2 aromatic rings. The van der Waals surface area contributed by atoms with Crippen molar-refractivity contribution in [3.8, 4) is 0 Å². The molecule has 94 valence electrons. The highest BCUT2D eigenvalue weighted by Gasteiger charge is 2.14. The Morgan fingerprint density at radius 1 is 0.889 bits per heavy atom. The molecule has 0 bridgehead atoms. The van der Waals surface area contributed by atoms with Crippen LogP contribution in [0.4, 0.5) is 0 Å². The largest absolute Gasteiger partial charge is 0.391 e. The van der Waals surface area contributed by atoms with Gasteiger partial charge in [0.1, 0.15) is 6.10 Å². The Morgan fingerprint density at radius 2 is 1.33 bits per heavy atom. The molecule has 0 aliphatic heterocycles. The second-order valence-electron chi connectivity index (χ2n) is 4.38. The number of rotatable bonds is 5. The van der Waals surface area contributed by atoms with Gasteiger partial charge in [-0.3, -0.25) is 0 Å². The molecular weight excluding hydrogens is 224 g/mol. The minimum Gasteiger partial charge on any atom is -0.391 e. The van der Waals surface area contributed by atoms with E-state index in [1.807, 2.05) is 60.7 Å². The van der Waals surface area contributed by atoms with E-state index in [9.17, 15) is 5.11 Å². The third-order valence-electron chi connectivity index (χ3n) is 2.71. The zero-order valence-electron chi connectivity index (χ0n) is 10.5. The summed E-state index contributed by atoms with van der Waals surface area (Å²) < 4.78 is 5.83. The lowest BCUT2D eigenvalue weighted by atomic mass is 10.0. The summed E-state index contributed by atoms with van der Waals surface area (Å²) >= 11 is 0. The molecular formula is C16H18O2. The maximum atomic E-state index is 9.37. The van der Waals surface area contributed by atoms with E-state index in [0.29, 0.717) is 6.61 Å². The smallest absolute Gasteiger partial charge is 0.108 e. The van der Waals surface area contributed by atoms with Gasteiger partial charge in [0.05, 0.1) is 12.7 Å². The lowest BCUT2D eigenvalue weighted by Crippen LogP contribution is -2.15. The number of ether oxygens (including phenoxy) is 1. The van der Waals surface area contributed by atoms with Crippen molar-refractivity contribution in [3.63, 3.8) is 0 Å². The van der Waals surface area contributed by atoms with E-state index in [1.165, 1.54) is 0 Å². The molecule has 0 radical (unpaired) electrons. The first kappa shape index (κ1) is 12.8. The zero-order chi connectivity index (χ0) is 12.8. The number of hydrogen-bond donors (Lipinski definition) is 1. The van der Waals surface area contributed by atoms with E-state index in [0.717, 1.165) is 11.1 Å². The molecule has 1 unspecified atom stereocenters. The van der Waals surface area contributed by atoms with Crippen molar-refractivity contribution >= 4 is 0 Å². The number of aliphatic hydroxyl groups is 1. The van der Waals surface area contributed by atoms with Gasteiger partial charge in [0.2, 0.25) is 0 Å². The van der Waals surface area contributed by atoms with E-state index in [-0.39, 0.29) is 6.10 Å². The van der Waals surface area contributed by atoms with E-state index in [2.05, 4.69) is 0 Å². The van der Waals surface area contributed by atoms with Crippen LogP contribution in [0.5, 0.6) is 0 Å². The molecule has 1 atom stereocenters. The van der Waals surface area contributed by atoms with Crippen LogP contribution in [-0.4, -0.2) is 17.8 Å². The highest BCUT2D eigenvalue weighted by Crippen LogP contribution is 2.25. The molecule has 0 aliphatic carbocycles. The van der Waals surface area contributed by atoms with E-state index in [4.69, 9.17) is 4.74 Å². The van der Waals surface area contributed by atoms with Gasteiger partial charge in [0.15, 0.2) is 0 Å². The van der Waals surface area contributed by atoms with Crippen molar-refractivity contribution in [1.29, 1.82) is 0 Å². The van der Waals surface area contributed by atoms with Gasteiger partial charge >= 0.3 is 0 Å². The molecule has 0 saturated carbocycles. The average molecular weight is 242 g/mol. The van der Waals surface area contributed by atoms with Crippen molar-refractivity contribution in [2.24, 2.45) is 0 Å². The van der Waals surface area contributed by atoms with Gasteiger partial charge in [-0.2, -0.15) is 0 Å². The maximum Gasteiger partial charge on any atom is 0.108 e. The average Bonchev–Trinajstić information content (AvgIpc) is 2.41. The quantitative estimate of drug-likeness (QED) is 0.872. The van der Waals surface area contributed by atoms with Gasteiger partial charge < -0.3 is 9.84 Å². The second kappa shape index (κ2) is 6.34. The van der Waals surface area contributed by atoms with Gasteiger partial charge in [-0.25, -0.2) is 0 Å². The van der Waals surface area contributed by atoms with Crippen molar-refractivity contribution in [1.82, 2.24) is 0 Å². The number of aliphatic hydroxyl groups excluding tert-OH is 1.